The molecule has 0 aliphatic carbocycles. The van der Waals surface area contributed by atoms with E-state index < -0.39 is 12.1 Å². The van der Waals surface area contributed by atoms with Gasteiger partial charge in [0.2, 0.25) is 0 Å². The van der Waals surface area contributed by atoms with Crippen LogP contribution in [0.15, 0.2) is 42.5 Å². The maximum Gasteiger partial charge on any atom is 0.513 e. The monoisotopic (exact) mass is 314 g/mol. The molecule has 0 spiro atoms. The normalized spacial score (nSPS) is 10.2. The quantitative estimate of drug-likeness (QED) is 0.369. The number of hydrogen-bond acceptors (Lipinski definition) is 5. The van der Waals surface area contributed by atoms with E-state index in [9.17, 15) is 9.59 Å². The standard InChI is InChI=1S/C18H18O5/c1-5-12-10-15(22-18(20)21-4)13-8-6-7-9-14(13)16(12)23-17(19)11(2)3/h6-10H,2,5H2,1,3-4H3. The molecule has 0 atom stereocenters. The molecule has 0 amide bonds. The summed E-state index contributed by atoms with van der Waals surface area (Å²) in [4.78, 5) is 23.3. The number of hydrogen-bond donors (Lipinski definition) is 0. The van der Waals surface area contributed by atoms with Gasteiger partial charge in [0.15, 0.2) is 0 Å². The summed E-state index contributed by atoms with van der Waals surface area (Å²) in [5.74, 6) is 0.319. The fraction of sp³-hybridized carbons (Fsp3) is 0.222. The van der Waals surface area contributed by atoms with Crippen molar-refractivity contribution in [1.82, 2.24) is 0 Å². The van der Waals surface area contributed by atoms with E-state index in [1.54, 1.807) is 25.1 Å². The molecule has 0 heterocycles. The minimum atomic E-state index is -0.802. The largest absolute Gasteiger partial charge is 0.513 e. The van der Waals surface area contributed by atoms with Gasteiger partial charge in [0.1, 0.15) is 11.5 Å². The van der Waals surface area contributed by atoms with Crippen LogP contribution in [-0.2, 0) is 16.0 Å². The second-order valence-electron chi connectivity index (χ2n) is 4.99. The lowest BCUT2D eigenvalue weighted by atomic mass is 10.0. The Hall–Kier alpha value is -2.82. The van der Waals surface area contributed by atoms with Crippen molar-refractivity contribution in [3.63, 3.8) is 0 Å². The predicted octanol–water partition coefficient (Wildman–Crippen LogP) is 4.03. The second-order valence-corrected chi connectivity index (χ2v) is 4.99. The van der Waals surface area contributed by atoms with Gasteiger partial charge in [-0.05, 0) is 25.0 Å². The molecule has 2 aromatic carbocycles. The summed E-state index contributed by atoms with van der Waals surface area (Å²) in [6.45, 7) is 7.10. The molecule has 5 heteroatoms. The minimum Gasteiger partial charge on any atom is -0.437 e. The zero-order valence-electron chi connectivity index (χ0n) is 13.3. The molecular weight excluding hydrogens is 296 g/mol. The number of carbonyl (C=O) groups excluding carboxylic acids is 2. The average molecular weight is 314 g/mol. The molecule has 2 rings (SSSR count). The first-order valence-corrected chi connectivity index (χ1v) is 7.16. The molecule has 0 bridgehead atoms. The third kappa shape index (κ3) is 3.51. The van der Waals surface area contributed by atoms with Crippen LogP contribution >= 0.6 is 0 Å². The van der Waals surface area contributed by atoms with Crippen LogP contribution in [0.4, 0.5) is 4.79 Å². The molecule has 23 heavy (non-hydrogen) atoms. The Bertz CT molecular complexity index is 776. The highest BCUT2D eigenvalue weighted by molar-refractivity contribution is 5.98. The van der Waals surface area contributed by atoms with Crippen molar-refractivity contribution in [1.29, 1.82) is 0 Å². The molecule has 0 aliphatic heterocycles. The van der Waals surface area contributed by atoms with Gasteiger partial charge in [0.05, 0.1) is 7.11 Å². The summed E-state index contributed by atoms with van der Waals surface area (Å²) < 4.78 is 15.2. The van der Waals surface area contributed by atoms with Crippen molar-refractivity contribution in [2.45, 2.75) is 20.3 Å². The van der Waals surface area contributed by atoms with Crippen LogP contribution in [0, 0.1) is 0 Å². The molecule has 0 fully saturated rings. The molecule has 0 N–H and O–H groups in total. The molecule has 0 aromatic heterocycles. The van der Waals surface area contributed by atoms with Gasteiger partial charge in [-0.1, -0.05) is 37.8 Å². The molecule has 0 aliphatic rings. The van der Waals surface area contributed by atoms with Crippen LogP contribution in [0.2, 0.25) is 0 Å². The number of ether oxygens (including phenoxy) is 3. The third-order valence-electron chi connectivity index (χ3n) is 3.32. The number of carbonyl (C=O) groups is 2. The van der Waals surface area contributed by atoms with Gasteiger partial charge in [-0.3, -0.25) is 0 Å². The van der Waals surface area contributed by atoms with Crippen LogP contribution in [0.25, 0.3) is 10.8 Å². The third-order valence-corrected chi connectivity index (χ3v) is 3.32. The van der Waals surface area contributed by atoms with Gasteiger partial charge in [-0.2, -0.15) is 0 Å². The number of aryl methyl sites for hydroxylation is 1. The second kappa shape index (κ2) is 6.96. The minimum absolute atomic E-state index is 0.311. The fourth-order valence-corrected chi connectivity index (χ4v) is 2.15. The Morgan fingerprint density at radius 1 is 1.13 bits per heavy atom. The van der Waals surface area contributed by atoms with Crippen molar-refractivity contribution in [3.8, 4) is 11.5 Å². The molecule has 0 saturated heterocycles. The predicted molar refractivity (Wildman–Crippen MR) is 86.8 cm³/mol. The molecule has 2 aromatic rings. The maximum absolute atomic E-state index is 11.9. The number of benzene rings is 2. The Balaban J connectivity index is 2.63. The smallest absolute Gasteiger partial charge is 0.437 e. The summed E-state index contributed by atoms with van der Waals surface area (Å²) >= 11 is 0. The number of fused-ring (bicyclic) bond motifs is 1. The Morgan fingerprint density at radius 2 is 1.78 bits per heavy atom. The zero-order valence-corrected chi connectivity index (χ0v) is 13.3. The molecular formula is C18H18O5. The van der Waals surface area contributed by atoms with E-state index in [2.05, 4.69) is 11.3 Å². The van der Waals surface area contributed by atoms with Gasteiger partial charge in [-0.25, -0.2) is 9.59 Å². The van der Waals surface area contributed by atoms with E-state index in [-0.39, 0.29) is 0 Å². The first-order valence-electron chi connectivity index (χ1n) is 7.16. The van der Waals surface area contributed by atoms with Gasteiger partial charge in [-0.15, -0.1) is 0 Å². The van der Waals surface area contributed by atoms with E-state index >= 15 is 0 Å². The first-order chi connectivity index (χ1) is 11.0. The number of rotatable bonds is 4. The van der Waals surface area contributed by atoms with Crippen LogP contribution in [0.1, 0.15) is 19.4 Å². The first kappa shape index (κ1) is 16.5. The van der Waals surface area contributed by atoms with Crippen molar-refractivity contribution in [2.75, 3.05) is 7.11 Å². The number of esters is 1. The van der Waals surface area contributed by atoms with Crippen molar-refractivity contribution in [2.24, 2.45) is 0 Å². The topological polar surface area (TPSA) is 61.8 Å². The van der Waals surface area contributed by atoms with Crippen LogP contribution in [-0.4, -0.2) is 19.2 Å². The van der Waals surface area contributed by atoms with Crippen LogP contribution < -0.4 is 9.47 Å². The van der Waals surface area contributed by atoms with Gasteiger partial charge in [0, 0.05) is 16.3 Å². The van der Waals surface area contributed by atoms with E-state index in [4.69, 9.17) is 9.47 Å². The van der Waals surface area contributed by atoms with Gasteiger partial charge in [0.25, 0.3) is 0 Å². The molecule has 0 unspecified atom stereocenters. The van der Waals surface area contributed by atoms with E-state index in [0.717, 1.165) is 5.56 Å². The summed E-state index contributed by atoms with van der Waals surface area (Å²) in [5.41, 5.74) is 1.06. The van der Waals surface area contributed by atoms with E-state index in [1.807, 2.05) is 19.1 Å². The lowest BCUT2D eigenvalue weighted by Gasteiger charge is -2.15. The molecule has 120 valence electrons. The summed E-state index contributed by atoms with van der Waals surface area (Å²) in [7, 11) is 1.24. The van der Waals surface area contributed by atoms with Gasteiger partial charge >= 0.3 is 12.1 Å². The lowest BCUT2D eigenvalue weighted by molar-refractivity contribution is -0.130. The lowest BCUT2D eigenvalue weighted by Crippen LogP contribution is -2.11. The van der Waals surface area contributed by atoms with Crippen LogP contribution in [0.3, 0.4) is 0 Å². The highest BCUT2D eigenvalue weighted by Crippen LogP contribution is 2.37. The Kier molecular flexibility index (Phi) is 5.01. The Labute approximate surface area is 134 Å². The maximum atomic E-state index is 11.9. The summed E-state index contributed by atoms with van der Waals surface area (Å²) in [5, 5.41) is 1.33. The number of methoxy groups -OCH3 is 1. The fourth-order valence-electron chi connectivity index (χ4n) is 2.15. The average Bonchev–Trinajstić information content (AvgIpc) is 2.56. The molecule has 0 radical (unpaired) electrons. The van der Waals surface area contributed by atoms with Crippen molar-refractivity contribution in [3.05, 3.63) is 48.0 Å². The van der Waals surface area contributed by atoms with Crippen LogP contribution in [0.5, 0.6) is 11.5 Å². The molecule has 0 saturated carbocycles. The van der Waals surface area contributed by atoms with E-state index in [1.165, 1.54) is 7.11 Å². The molecule has 5 nitrogen and oxygen atoms in total. The van der Waals surface area contributed by atoms with Gasteiger partial charge < -0.3 is 14.2 Å². The van der Waals surface area contributed by atoms with Crippen molar-refractivity contribution < 1.29 is 23.8 Å². The summed E-state index contributed by atoms with van der Waals surface area (Å²) in [6.07, 6.45) is -0.204. The van der Waals surface area contributed by atoms with E-state index in [0.29, 0.717) is 34.3 Å². The summed E-state index contributed by atoms with van der Waals surface area (Å²) in [6, 6.07) is 8.90. The highest BCUT2D eigenvalue weighted by atomic mass is 16.7. The van der Waals surface area contributed by atoms with Crippen molar-refractivity contribution >= 4 is 22.9 Å². The SMILES string of the molecule is C=C(C)C(=O)Oc1c(CC)cc(OC(=O)OC)c2ccccc12. The Morgan fingerprint density at radius 3 is 2.35 bits per heavy atom. The highest BCUT2D eigenvalue weighted by Gasteiger charge is 2.18. The zero-order chi connectivity index (χ0) is 17.0.